The molecule has 1 aromatic heterocycles. The lowest BCUT2D eigenvalue weighted by Crippen LogP contribution is -2.26. The fraction of sp³-hybridized carbons (Fsp3) is 0.241. The van der Waals surface area contributed by atoms with E-state index in [4.69, 9.17) is 21.6 Å². The Labute approximate surface area is 214 Å². The van der Waals surface area contributed by atoms with Gasteiger partial charge >= 0.3 is 5.97 Å². The van der Waals surface area contributed by atoms with Gasteiger partial charge in [-0.2, -0.15) is 0 Å². The lowest BCUT2D eigenvalue weighted by atomic mass is 10.0. The first-order valence-electron chi connectivity index (χ1n) is 12.0. The highest BCUT2D eigenvalue weighted by atomic mass is 35.5. The molecule has 3 atom stereocenters. The van der Waals surface area contributed by atoms with Crippen molar-refractivity contribution in [2.75, 3.05) is 0 Å². The second-order valence-electron chi connectivity index (χ2n) is 9.31. The van der Waals surface area contributed by atoms with E-state index in [2.05, 4.69) is 5.32 Å². The monoisotopic (exact) mass is 499 g/mol. The number of hydrogen-bond donors (Lipinski definition) is 2. The standard InChI is InChI=1S/C29H26ClN3O3/c1-17(18-7-11-22(30)12-8-18)31-28(34)21-10-13-24-26(16-21)32-25(14-9-20-15-23(20)29(35)36)27(33-24)19-5-3-2-4-6-19/h2-8,10-13,16-17,20,23H,9,14-15H2,1H3,(H,31,34)(H,35,36)/t17-,20-,23-/m1/s1. The molecule has 4 aromatic rings. The Morgan fingerprint density at radius 2 is 1.78 bits per heavy atom. The summed E-state index contributed by atoms with van der Waals surface area (Å²) in [5.74, 6) is -1.000. The van der Waals surface area contributed by atoms with Crippen molar-refractivity contribution < 1.29 is 14.7 Å². The summed E-state index contributed by atoms with van der Waals surface area (Å²) in [6.07, 6.45) is 2.09. The van der Waals surface area contributed by atoms with Crippen molar-refractivity contribution in [1.82, 2.24) is 15.3 Å². The number of rotatable bonds is 8. The van der Waals surface area contributed by atoms with Crippen LogP contribution >= 0.6 is 11.6 Å². The van der Waals surface area contributed by atoms with Crippen molar-refractivity contribution in [2.45, 2.75) is 32.2 Å². The Morgan fingerprint density at radius 1 is 1.03 bits per heavy atom. The van der Waals surface area contributed by atoms with E-state index in [-0.39, 0.29) is 23.8 Å². The molecule has 0 unspecified atom stereocenters. The van der Waals surface area contributed by atoms with Crippen LogP contribution in [0.15, 0.2) is 72.8 Å². The van der Waals surface area contributed by atoms with Gasteiger partial charge in [-0.1, -0.05) is 54.1 Å². The first-order chi connectivity index (χ1) is 17.4. The summed E-state index contributed by atoms with van der Waals surface area (Å²) in [4.78, 5) is 34.1. The Hall–Kier alpha value is -3.77. The van der Waals surface area contributed by atoms with E-state index in [0.29, 0.717) is 34.5 Å². The Morgan fingerprint density at radius 3 is 2.47 bits per heavy atom. The zero-order valence-electron chi connectivity index (χ0n) is 19.8. The second kappa shape index (κ2) is 10.1. The predicted octanol–water partition coefficient (Wildman–Crippen LogP) is 6.09. The lowest BCUT2D eigenvalue weighted by Gasteiger charge is -2.15. The maximum Gasteiger partial charge on any atom is 0.306 e. The van der Waals surface area contributed by atoms with E-state index in [0.717, 1.165) is 28.9 Å². The van der Waals surface area contributed by atoms with Crippen LogP contribution in [0.1, 0.15) is 47.4 Å². The second-order valence-corrected chi connectivity index (χ2v) is 9.75. The number of carbonyl (C=O) groups excluding carboxylic acids is 1. The molecule has 7 heteroatoms. The fourth-order valence-electron chi connectivity index (χ4n) is 4.54. The quantitative estimate of drug-likeness (QED) is 0.306. The largest absolute Gasteiger partial charge is 0.481 e. The first-order valence-corrected chi connectivity index (χ1v) is 12.4. The van der Waals surface area contributed by atoms with E-state index >= 15 is 0 Å². The summed E-state index contributed by atoms with van der Waals surface area (Å²) in [7, 11) is 0. The molecule has 2 N–H and O–H groups in total. The highest BCUT2D eigenvalue weighted by Gasteiger charge is 2.42. The molecule has 6 nitrogen and oxygen atoms in total. The zero-order chi connectivity index (χ0) is 25.2. The lowest BCUT2D eigenvalue weighted by molar-refractivity contribution is -0.138. The van der Waals surface area contributed by atoms with Crippen LogP contribution in [0, 0.1) is 11.8 Å². The maximum atomic E-state index is 13.0. The summed E-state index contributed by atoms with van der Waals surface area (Å²) in [6, 6.07) is 22.4. The van der Waals surface area contributed by atoms with Crippen LogP contribution in [0.2, 0.25) is 5.02 Å². The molecular formula is C29H26ClN3O3. The minimum atomic E-state index is -0.726. The number of nitrogens with zero attached hydrogens (tertiary/aromatic N) is 2. The van der Waals surface area contributed by atoms with E-state index in [9.17, 15) is 14.7 Å². The molecule has 1 aliphatic rings. The van der Waals surface area contributed by atoms with Crippen LogP contribution in [0.25, 0.3) is 22.3 Å². The van der Waals surface area contributed by atoms with Crippen molar-refractivity contribution in [2.24, 2.45) is 11.8 Å². The number of carbonyl (C=O) groups is 2. The molecule has 1 fully saturated rings. The molecule has 1 aliphatic carbocycles. The third-order valence-corrected chi connectivity index (χ3v) is 7.01. The first kappa shape index (κ1) is 23.9. The van der Waals surface area contributed by atoms with E-state index in [1.165, 1.54) is 0 Å². The van der Waals surface area contributed by atoms with Crippen LogP contribution in [0.4, 0.5) is 0 Å². The van der Waals surface area contributed by atoms with Gasteiger partial charge in [-0.15, -0.1) is 0 Å². The average molecular weight is 500 g/mol. The number of amides is 1. The molecule has 1 heterocycles. The Balaban J connectivity index is 1.42. The normalized spacial score (nSPS) is 17.5. The molecule has 36 heavy (non-hydrogen) atoms. The number of aliphatic carboxylic acids is 1. The average Bonchev–Trinajstić information content (AvgIpc) is 3.67. The summed E-state index contributed by atoms with van der Waals surface area (Å²) in [5, 5.41) is 12.9. The van der Waals surface area contributed by atoms with Gasteiger partial charge in [0.1, 0.15) is 0 Å². The summed E-state index contributed by atoms with van der Waals surface area (Å²) in [6.45, 7) is 1.93. The van der Waals surface area contributed by atoms with Crippen molar-refractivity contribution in [3.8, 4) is 11.3 Å². The zero-order valence-corrected chi connectivity index (χ0v) is 20.6. The van der Waals surface area contributed by atoms with Crippen LogP contribution < -0.4 is 5.32 Å². The number of carboxylic acid groups (broad SMARTS) is 1. The third kappa shape index (κ3) is 5.24. The minimum Gasteiger partial charge on any atom is -0.481 e. The van der Waals surface area contributed by atoms with Crippen LogP contribution in [-0.2, 0) is 11.2 Å². The van der Waals surface area contributed by atoms with E-state index < -0.39 is 5.97 Å². The number of aryl methyl sites for hydroxylation is 1. The molecule has 0 saturated heterocycles. The van der Waals surface area contributed by atoms with E-state index in [1.54, 1.807) is 24.3 Å². The molecule has 0 radical (unpaired) electrons. The molecular weight excluding hydrogens is 474 g/mol. The highest BCUT2D eigenvalue weighted by molar-refractivity contribution is 6.30. The fourth-order valence-corrected chi connectivity index (χ4v) is 4.67. The topological polar surface area (TPSA) is 92.2 Å². The molecule has 1 saturated carbocycles. The minimum absolute atomic E-state index is 0.176. The smallest absolute Gasteiger partial charge is 0.306 e. The third-order valence-electron chi connectivity index (χ3n) is 6.76. The van der Waals surface area contributed by atoms with Gasteiger partial charge in [-0.25, -0.2) is 9.97 Å². The SMILES string of the molecule is C[C@@H](NC(=O)c1ccc2nc(-c3ccccc3)c(CC[C@@H]3C[C@H]3C(=O)O)nc2c1)c1ccc(Cl)cc1. The number of benzene rings is 3. The number of hydrogen-bond acceptors (Lipinski definition) is 4. The number of halogens is 1. The molecule has 3 aromatic carbocycles. The molecule has 0 spiro atoms. The Kier molecular flexibility index (Phi) is 6.70. The van der Waals surface area contributed by atoms with Crippen molar-refractivity contribution in [3.05, 3.63) is 94.6 Å². The number of carboxylic acids is 1. The number of aromatic nitrogens is 2. The van der Waals surface area contributed by atoms with Gasteiger partial charge in [-0.05, 0) is 68.0 Å². The summed E-state index contributed by atoms with van der Waals surface area (Å²) in [5.41, 5.74) is 5.39. The van der Waals surface area contributed by atoms with Gasteiger partial charge in [0.05, 0.1) is 34.4 Å². The molecule has 182 valence electrons. The predicted molar refractivity (Wildman–Crippen MR) is 140 cm³/mol. The molecule has 5 rings (SSSR count). The maximum absolute atomic E-state index is 13.0. The van der Waals surface area contributed by atoms with Crippen LogP contribution in [-0.4, -0.2) is 27.0 Å². The molecule has 0 bridgehead atoms. The molecule has 1 amide bonds. The highest BCUT2D eigenvalue weighted by Crippen LogP contribution is 2.42. The Bertz CT molecular complexity index is 1420. The van der Waals surface area contributed by atoms with Gasteiger partial charge in [0.2, 0.25) is 0 Å². The van der Waals surface area contributed by atoms with Crippen LogP contribution in [0.3, 0.4) is 0 Å². The molecule has 0 aliphatic heterocycles. The van der Waals surface area contributed by atoms with Gasteiger partial charge in [0.25, 0.3) is 5.91 Å². The van der Waals surface area contributed by atoms with Crippen molar-refractivity contribution in [1.29, 1.82) is 0 Å². The van der Waals surface area contributed by atoms with Crippen LogP contribution in [0.5, 0.6) is 0 Å². The summed E-state index contributed by atoms with van der Waals surface area (Å²) >= 11 is 5.97. The summed E-state index contributed by atoms with van der Waals surface area (Å²) < 4.78 is 0. The van der Waals surface area contributed by atoms with Crippen molar-refractivity contribution in [3.63, 3.8) is 0 Å². The van der Waals surface area contributed by atoms with Gasteiger partial charge < -0.3 is 10.4 Å². The number of fused-ring (bicyclic) bond motifs is 1. The van der Waals surface area contributed by atoms with Gasteiger partial charge in [0, 0.05) is 16.1 Å². The van der Waals surface area contributed by atoms with Crippen molar-refractivity contribution >= 4 is 34.5 Å². The van der Waals surface area contributed by atoms with E-state index in [1.807, 2.05) is 55.5 Å². The van der Waals surface area contributed by atoms with Gasteiger partial charge in [0.15, 0.2) is 0 Å². The van der Waals surface area contributed by atoms with Gasteiger partial charge in [-0.3, -0.25) is 9.59 Å². The number of nitrogens with one attached hydrogen (secondary N) is 1.